The number of aromatic nitrogens is 4. The smallest absolute Gasteiger partial charge is 0.319 e. The molecule has 0 spiro atoms. The molecule has 2 heterocycles. The van der Waals surface area contributed by atoms with Crippen LogP contribution in [0.2, 0.25) is 0 Å². The Labute approximate surface area is 148 Å². The summed E-state index contributed by atoms with van der Waals surface area (Å²) in [7, 11) is 0. The fourth-order valence-electron chi connectivity index (χ4n) is 2.29. The van der Waals surface area contributed by atoms with Gasteiger partial charge in [-0.15, -0.1) is 10.2 Å². The monoisotopic (exact) mass is 360 g/mol. The van der Waals surface area contributed by atoms with Gasteiger partial charge in [0.05, 0.1) is 6.61 Å². The van der Waals surface area contributed by atoms with Crippen molar-refractivity contribution in [2.45, 2.75) is 30.5 Å². The van der Waals surface area contributed by atoms with Gasteiger partial charge >= 0.3 is 5.97 Å². The Balaban J connectivity index is 1.92. The van der Waals surface area contributed by atoms with Gasteiger partial charge in [-0.1, -0.05) is 18.7 Å². The first-order valence-electron chi connectivity index (χ1n) is 7.94. The van der Waals surface area contributed by atoms with Crippen LogP contribution in [-0.2, 0) is 9.53 Å². The van der Waals surface area contributed by atoms with Gasteiger partial charge < -0.3 is 4.74 Å². The quantitative estimate of drug-likeness (QED) is 0.496. The number of hydrogen-bond donors (Lipinski definition) is 0. The van der Waals surface area contributed by atoms with E-state index in [4.69, 9.17) is 4.74 Å². The predicted molar refractivity (Wildman–Crippen MR) is 92.7 cm³/mol. The molecule has 0 bridgehead atoms. The second-order valence-corrected chi connectivity index (χ2v) is 6.46. The van der Waals surface area contributed by atoms with Crippen LogP contribution >= 0.6 is 11.8 Å². The van der Waals surface area contributed by atoms with Gasteiger partial charge in [-0.2, -0.15) is 9.61 Å². The predicted octanol–water partition coefficient (Wildman–Crippen LogP) is 3.36. The number of fused-ring (bicyclic) bond motifs is 1. The standard InChI is InChI=1S/C17H17FN4O2S/c1-3-13(17(23)24-4-2)25-15-10-9-14-19-20-16(22(14)21-15)11-5-7-12(18)8-6-11/h5-10,13H,3-4H2,1-2H3. The van der Waals surface area contributed by atoms with Crippen LogP contribution in [0.1, 0.15) is 20.3 Å². The average Bonchev–Trinajstić information content (AvgIpc) is 3.03. The number of ether oxygens (including phenoxy) is 1. The number of thioether (sulfide) groups is 1. The SMILES string of the molecule is CCOC(=O)C(CC)Sc1ccc2nnc(-c3ccc(F)cc3)n2n1. The number of benzene rings is 1. The molecule has 0 saturated carbocycles. The van der Waals surface area contributed by atoms with Crippen molar-refractivity contribution in [1.82, 2.24) is 19.8 Å². The number of esters is 1. The van der Waals surface area contributed by atoms with E-state index < -0.39 is 0 Å². The van der Waals surface area contributed by atoms with E-state index in [9.17, 15) is 9.18 Å². The van der Waals surface area contributed by atoms with E-state index in [1.807, 2.05) is 6.92 Å². The molecule has 0 fully saturated rings. The molecule has 8 heteroatoms. The Hall–Kier alpha value is -2.48. The highest BCUT2D eigenvalue weighted by Crippen LogP contribution is 2.26. The topological polar surface area (TPSA) is 69.4 Å². The van der Waals surface area contributed by atoms with Crippen LogP contribution in [0.5, 0.6) is 0 Å². The summed E-state index contributed by atoms with van der Waals surface area (Å²) in [6, 6.07) is 9.56. The van der Waals surface area contributed by atoms with Crippen LogP contribution in [0.3, 0.4) is 0 Å². The van der Waals surface area contributed by atoms with E-state index >= 15 is 0 Å². The minimum absolute atomic E-state index is 0.251. The third-order valence-electron chi connectivity index (χ3n) is 3.52. The molecular weight excluding hydrogens is 343 g/mol. The fraction of sp³-hybridized carbons (Fsp3) is 0.294. The molecule has 0 N–H and O–H groups in total. The Morgan fingerprint density at radius 2 is 1.96 bits per heavy atom. The van der Waals surface area contributed by atoms with E-state index in [1.54, 1.807) is 35.7 Å². The molecule has 0 aliphatic rings. The minimum atomic E-state index is -0.323. The molecule has 2 aromatic heterocycles. The van der Waals surface area contributed by atoms with Gasteiger partial charge in [0.1, 0.15) is 16.1 Å². The number of carbonyl (C=O) groups excluding carboxylic acids is 1. The van der Waals surface area contributed by atoms with Crippen LogP contribution in [-0.4, -0.2) is 37.6 Å². The van der Waals surface area contributed by atoms with Crippen LogP contribution < -0.4 is 0 Å². The molecule has 0 saturated heterocycles. The highest BCUT2D eigenvalue weighted by atomic mass is 32.2. The van der Waals surface area contributed by atoms with Crippen LogP contribution in [0, 0.1) is 5.82 Å². The molecule has 130 valence electrons. The largest absolute Gasteiger partial charge is 0.465 e. The van der Waals surface area contributed by atoms with Crippen molar-refractivity contribution in [2.24, 2.45) is 0 Å². The summed E-state index contributed by atoms with van der Waals surface area (Å²) >= 11 is 1.34. The second kappa shape index (κ2) is 7.60. The van der Waals surface area contributed by atoms with Crippen molar-refractivity contribution >= 4 is 23.4 Å². The Bertz CT molecular complexity index is 882. The van der Waals surface area contributed by atoms with Gasteiger partial charge in [-0.3, -0.25) is 4.79 Å². The molecule has 0 aliphatic heterocycles. The number of hydrogen-bond acceptors (Lipinski definition) is 6. The lowest BCUT2D eigenvalue weighted by molar-refractivity contribution is -0.142. The maximum absolute atomic E-state index is 13.1. The summed E-state index contributed by atoms with van der Waals surface area (Å²) in [6.45, 7) is 4.06. The number of carbonyl (C=O) groups is 1. The maximum atomic E-state index is 13.1. The number of nitrogens with zero attached hydrogens (tertiary/aromatic N) is 4. The summed E-state index contributed by atoms with van der Waals surface area (Å²) in [5.41, 5.74) is 1.29. The zero-order valence-corrected chi connectivity index (χ0v) is 14.7. The molecule has 3 aromatic rings. The van der Waals surface area contributed by atoms with Gasteiger partial charge in [0.25, 0.3) is 0 Å². The van der Waals surface area contributed by atoms with E-state index in [-0.39, 0.29) is 17.0 Å². The summed E-state index contributed by atoms with van der Waals surface area (Å²) in [4.78, 5) is 12.0. The summed E-state index contributed by atoms with van der Waals surface area (Å²) in [6.07, 6.45) is 0.635. The lowest BCUT2D eigenvalue weighted by atomic mass is 10.2. The van der Waals surface area contributed by atoms with Crippen LogP contribution in [0.4, 0.5) is 4.39 Å². The molecule has 1 aromatic carbocycles. The van der Waals surface area contributed by atoms with Gasteiger partial charge in [-0.25, -0.2) is 4.39 Å². The number of rotatable bonds is 6. The Morgan fingerprint density at radius 1 is 1.20 bits per heavy atom. The lowest BCUT2D eigenvalue weighted by Gasteiger charge is -2.12. The minimum Gasteiger partial charge on any atom is -0.465 e. The van der Waals surface area contributed by atoms with E-state index in [0.717, 1.165) is 0 Å². The van der Waals surface area contributed by atoms with Crippen LogP contribution in [0.25, 0.3) is 17.0 Å². The maximum Gasteiger partial charge on any atom is 0.319 e. The first-order valence-corrected chi connectivity index (χ1v) is 8.82. The van der Waals surface area contributed by atoms with Gasteiger partial charge in [0.2, 0.25) is 0 Å². The normalized spacial score (nSPS) is 12.3. The van der Waals surface area contributed by atoms with Gasteiger partial charge in [0, 0.05) is 5.56 Å². The number of halogens is 1. The average molecular weight is 360 g/mol. The first kappa shape index (κ1) is 17.3. The van der Waals surface area contributed by atoms with Gasteiger partial charge in [0.15, 0.2) is 11.5 Å². The van der Waals surface area contributed by atoms with Crippen LogP contribution in [0.15, 0.2) is 41.4 Å². The zero-order valence-electron chi connectivity index (χ0n) is 13.8. The molecule has 25 heavy (non-hydrogen) atoms. The lowest BCUT2D eigenvalue weighted by Crippen LogP contribution is -2.19. The van der Waals surface area contributed by atoms with Crippen molar-refractivity contribution in [3.63, 3.8) is 0 Å². The highest BCUT2D eigenvalue weighted by molar-refractivity contribution is 8.00. The summed E-state index contributed by atoms with van der Waals surface area (Å²) in [5, 5.41) is 13.1. The molecular formula is C17H17FN4O2S. The Kier molecular flexibility index (Phi) is 5.28. The van der Waals surface area contributed by atoms with E-state index in [2.05, 4.69) is 15.3 Å². The molecule has 0 amide bonds. The van der Waals surface area contributed by atoms with Crippen molar-refractivity contribution in [1.29, 1.82) is 0 Å². The summed E-state index contributed by atoms with van der Waals surface area (Å²) < 4.78 is 19.8. The van der Waals surface area contributed by atoms with Crippen molar-refractivity contribution < 1.29 is 13.9 Å². The summed E-state index contributed by atoms with van der Waals surface area (Å²) in [5.74, 6) is -0.0527. The zero-order chi connectivity index (χ0) is 17.8. The fourth-order valence-corrected chi connectivity index (χ4v) is 3.19. The molecule has 0 aliphatic carbocycles. The van der Waals surface area contributed by atoms with Crippen molar-refractivity contribution in [3.8, 4) is 11.4 Å². The first-order chi connectivity index (χ1) is 12.1. The van der Waals surface area contributed by atoms with E-state index in [0.29, 0.717) is 35.1 Å². The molecule has 6 nitrogen and oxygen atoms in total. The molecule has 1 unspecified atom stereocenters. The second-order valence-electron chi connectivity index (χ2n) is 5.24. The Morgan fingerprint density at radius 3 is 2.64 bits per heavy atom. The molecule has 3 rings (SSSR count). The molecule has 1 atom stereocenters. The molecule has 0 radical (unpaired) electrons. The van der Waals surface area contributed by atoms with Crippen molar-refractivity contribution in [3.05, 3.63) is 42.2 Å². The van der Waals surface area contributed by atoms with E-state index in [1.165, 1.54) is 23.9 Å². The third kappa shape index (κ3) is 3.79. The van der Waals surface area contributed by atoms with Gasteiger partial charge in [-0.05, 0) is 49.7 Å². The van der Waals surface area contributed by atoms with Crippen molar-refractivity contribution in [2.75, 3.05) is 6.61 Å². The highest BCUT2D eigenvalue weighted by Gasteiger charge is 2.20. The third-order valence-corrected chi connectivity index (χ3v) is 4.79.